The molecule has 2 atom stereocenters. The van der Waals surface area contributed by atoms with E-state index in [4.69, 9.17) is 22.1 Å². The lowest BCUT2D eigenvalue weighted by molar-refractivity contribution is 0.0708. The lowest BCUT2D eigenvalue weighted by Gasteiger charge is -2.19. The van der Waals surface area contributed by atoms with Gasteiger partial charge in [0.2, 0.25) is 0 Å². The van der Waals surface area contributed by atoms with Gasteiger partial charge in [-0.25, -0.2) is 4.68 Å². The summed E-state index contributed by atoms with van der Waals surface area (Å²) in [6, 6.07) is 5.59. The van der Waals surface area contributed by atoms with E-state index in [2.05, 4.69) is 15.5 Å². The predicted octanol–water partition coefficient (Wildman–Crippen LogP) is 2.32. The lowest BCUT2D eigenvalue weighted by atomic mass is 10.1. The fraction of sp³-hybridized carbons (Fsp3) is 0.462. The van der Waals surface area contributed by atoms with Crippen LogP contribution in [0.3, 0.4) is 0 Å². The maximum atomic E-state index is 5.95. The molecule has 2 unspecified atom stereocenters. The van der Waals surface area contributed by atoms with Gasteiger partial charge < -0.3 is 10.5 Å². The molecule has 0 spiro atoms. The van der Waals surface area contributed by atoms with Gasteiger partial charge in [0.25, 0.3) is 0 Å². The predicted molar refractivity (Wildman–Crippen MR) is 76.4 cm³/mol. The Balaban J connectivity index is 1.99. The van der Waals surface area contributed by atoms with Crippen molar-refractivity contribution in [2.45, 2.75) is 31.4 Å². The molecule has 7 heteroatoms. The van der Waals surface area contributed by atoms with Crippen molar-refractivity contribution < 1.29 is 4.74 Å². The second-order valence-electron chi connectivity index (χ2n) is 4.96. The minimum absolute atomic E-state index is 0.155. The molecule has 106 valence electrons. The summed E-state index contributed by atoms with van der Waals surface area (Å²) < 4.78 is 7.36. The minimum Gasteiger partial charge on any atom is -0.398 e. The van der Waals surface area contributed by atoms with Gasteiger partial charge >= 0.3 is 0 Å². The number of hydrogen-bond acceptors (Lipinski definition) is 5. The number of rotatable bonds is 3. The third kappa shape index (κ3) is 2.25. The van der Waals surface area contributed by atoms with Crippen molar-refractivity contribution in [3.8, 4) is 11.4 Å². The first-order valence-electron chi connectivity index (χ1n) is 6.56. The molecular formula is C13H16ClN5O. The summed E-state index contributed by atoms with van der Waals surface area (Å²) >= 11 is 5.95. The molecule has 1 aliphatic rings. The smallest absolute Gasteiger partial charge is 0.182 e. The summed E-state index contributed by atoms with van der Waals surface area (Å²) in [5.74, 6) is 0.697. The number of halogens is 1. The first-order valence-corrected chi connectivity index (χ1v) is 6.94. The van der Waals surface area contributed by atoms with Crippen LogP contribution in [0.25, 0.3) is 11.4 Å². The summed E-state index contributed by atoms with van der Waals surface area (Å²) in [4.78, 5) is 0. The molecule has 6 nitrogen and oxygen atoms in total. The van der Waals surface area contributed by atoms with Crippen molar-refractivity contribution >= 4 is 17.3 Å². The molecule has 2 aromatic rings. The summed E-state index contributed by atoms with van der Waals surface area (Å²) in [7, 11) is 1.73. The number of benzene rings is 1. The van der Waals surface area contributed by atoms with Crippen LogP contribution >= 0.6 is 11.6 Å². The quantitative estimate of drug-likeness (QED) is 0.879. The lowest BCUT2D eigenvalue weighted by Crippen LogP contribution is -2.22. The Morgan fingerprint density at radius 1 is 1.40 bits per heavy atom. The van der Waals surface area contributed by atoms with E-state index in [0.717, 1.165) is 24.8 Å². The van der Waals surface area contributed by atoms with Crippen LogP contribution < -0.4 is 5.73 Å². The SMILES string of the molecule is COC1CCCC1n1nnnc1-c1ccc(Cl)c(N)c1. The number of ether oxygens (including phenoxy) is 1. The second-order valence-corrected chi connectivity index (χ2v) is 5.36. The number of nitrogens with zero attached hydrogens (tertiary/aromatic N) is 4. The Hall–Kier alpha value is -1.66. The molecule has 1 fully saturated rings. The first kappa shape index (κ1) is 13.3. The summed E-state index contributed by atoms with van der Waals surface area (Å²) in [5, 5.41) is 12.6. The van der Waals surface area contributed by atoms with Crippen molar-refractivity contribution in [2.24, 2.45) is 0 Å². The largest absolute Gasteiger partial charge is 0.398 e. The summed E-state index contributed by atoms with van der Waals surface area (Å²) in [6.45, 7) is 0. The standard InChI is InChI=1S/C13H16ClN5O/c1-20-12-4-2-3-11(12)19-13(16-17-18-19)8-5-6-9(14)10(15)7-8/h5-7,11-12H,2-4,15H2,1H3. The molecule has 1 aliphatic carbocycles. The second kappa shape index (κ2) is 5.38. The Morgan fingerprint density at radius 2 is 2.25 bits per heavy atom. The van der Waals surface area contributed by atoms with Gasteiger partial charge in [0, 0.05) is 12.7 Å². The molecule has 20 heavy (non-hydrogen) atoms. The van der Waals surface area contributed by atoms with E-state index in [1.165, 1.54) is 0 Å². The summed E-state index contributed by atoms with van der Waals surface area (Å²) in [6.07, 6.45) is 3.32. The van der Waals surface area contributed by atoms with Gasteiger partial charge in [0.1, 0.15) is 0 Å². The Kier molecular flexibility index (Phi) is 3.58. The molecule has 1 aromatic carbocycles. The number of tetrazole rings is 1. The van der Waals surface area contributed by atoms with Crippen molar-refractivity contribution in [1.29, 1.82) is 0 Å². The van der Waals surface area contributed by atoms with Crippen LogP contribution in [0.1, 0.15) is 25.3 Å². The zero-order valence-electron chi connectivity index (χ0n) is 11.2. The fourth-order valence-electron chi connectivity index (χ4n) is 2.75. The van der Waals surface area contributed by atoms with Crippen molar-refractivity contribution in [3.63, 3.8) is 0 Å². The molecule has 0 bridgehead atoms. The van der Waals surface area contributed by atoms with E-state index in [9.17, 15) is 0 Å². The van der Waals surface area contributed by atoms with E-state index in [1.54, 1.807) is 19.2 Å². The molecule has 0 amide bonds. The van der Waals surface area contributed by atoms with Gasteiger partial charge in [0.15, 0.2) is 5.82 Å². The minimum atomic E-state index is 0.155. The molecule has 2 N–H and O–H groups in total. The van der Waals surface area contributed by atoms with Crippen molar-refractivity contribution in [3.05, 3.63) is 23.2 Å². The third-order valence-electron chi connectivity index (χ3n) is 3.78. The van der Waals surface area contributed by atoms with Crippen LogP contribution in [0.2, 0.25) is 5.02 Å². The number of methoxy groups -OCH3 is 1. The van der Waals surface area contributed by atoms with E-state index < -0.39 is 0 Å². The third-order valence-corrected chi connectivity index (χ3v) is 4.13. The highest BCUT2D eigenvalue weighted by Crippen LogP contribution is 2.34. The Bertz CT molecular complexity index is 615. The highest BCUT2D eigenvalue weighted by molar-refractivity contribution is 6.33. The van der Waals surface area contributed by atoms with Gasteiger partial charge in [-0.2, -0.15) is 0 Å². The number of hydrogen-bond donors (Lipinski definition) is 1. The number of nitrogen functional groups attached to an aromatic ring is 1. The average Bonchev–Trinajstić information content (AvgIpc) is 3.08. The Morgan fingerprint density at radius 3 is 3.00 bits per heavy atom. The normalized spacial score (nSPS) is 22.3. The number of nitrogens with two attached hydrogens (primary N) is 1. The molecule has 0 radical (unpaired) electrons. The van der Waals surface area contributed by atoms with E-state index in [0.29, 0.717) is 16.5 Å². The van der Waals surface area contributed by atoms with E-state index >= 15 is 0 Å². The van der Waals surface area contributed by atoms with E-state index in [-0.39, 0.29) is 12.1 Å². The van der Waals surface area contributed by atoms with Gasteiger partial charge in [-0.3, -0.25) is 0 Å². The maximum absolute atomic E-state index is 5.95. The van der Waals surface area contributed by atoms with Crippen LogP contribution in [0, 0.1) is 0 Å². The monoisotopic (exact) mass is 293 g/mol. The molecular weight excluding hydrogens is 278 g/mol. The zero-order valence-corrected chi connectivity index (χ0v) is 11.9. The van der Waals surface area contributed by atoms with Crippen molar-refractivity contribution in [2.75, 3.05) is 12.8 Å². The van der Waals surface area contributed by atoms with Gasteiger partial charge in [-0.1, -0.05) is 11.6 Å². The maximum Gasteiger partial charge on any atom is 0.182 e. The van der Waals surface area contributed by atoms with Gasteiger partial charge in [-0.05, 0) is 47.9 Å². The molecule has 1 saturated carbocycles. The van der Waals surface area contributed by atoms with Crippen LogP contribution in [-0.4, -0.2) is 33.4 Å². The van der Waals surface area contributed by atoms with Crippen LogP contribution in [0.15, 0.2) is 18.2 Å². The number of anilines is 1. The fourth-order valence-corrected chi connectivity index (χ4v) is 2.87. The van der Waals surface area contributed by atoms with Crippen LogP contribution in [0.5, 0.6) is 0 Å². The topological polar surface area (TPSA) is 78.8 Å². The Labute approximate surface area is 121 Å². The molecule has 1 aromatic heterocycles. The first-order chi connectivity index (χ1) is 9.70. The summed E-state index contributed by atoms with van der Waals surface area (Å²) in [5.41, 5.74) is 7.23. The average molecular weight is 294 g/mol. The van der Waals surface area contributed by atoms with Crippen LogP contribution in [0.4, 0.5) is 5.69 Å². The molecule has 1 heterocycles. The highest BCUT2D eigenvalue weighted by atomic mass is 35.5. The number of aromatic nitrogens is 4. The van der Waals surface area contributed by atoms with Gasteiger partial charge in [0.05, 0.1) is 22.9 Å². The van der Waals surface area contributed by atoms with Gasteiger partial charge in [-0.15, -0.1) is 5.10 Å². The molecule has 3 rings (SSSR count). The highest BCUT2D eigenvalue weighted by Gasteiger charge is 2.31. The van der Waals surface area contributed by atoms with Crippen LogP contribution in [-0.2, 0) is 4.74 Å². The zero-order chi connectivity index (χ0) is 14.1. The molecule has 0 aliphatic heterocycles. The van der Waals surface area contributed by atoms with E-state index in [1.807, 2.05) is 10.7 Å². The van der Waals surface area contributed by atoms with Crippen molar-refractivity contribution in [1.82, 2.24) is 20.2 Å². The molecule has 0 saturated heterocycles.